The summed E-state index contributed by atoms with van der Waals surface area (Å²) >= 11 is 0. The maximum Gasteiger partial charge on any atom is 0.161 e. The molecule has 0 aromatic heterocycles. The predicted molar refractivity (Wildman–Crippen MR) is 81.2 cm³/mol. The Kier molecular flexibility index (Phi) is 3.81. The number of allylic oxidation sites excluding steroid dienone is 3. The molecule has 3 unspecified atom stereocenters. The average molecular weight is 270 g/mol. The van der Waals surface area contributed by atoms with Gasteiger partial charge < -0.3 is 9.47 Å². The Labute approximate surface area is 121 Å². The van der Waals surface area contributed by atoms with Gasteiger partial charge in [0.2, 0.25) is 0 Å². The van der Waals surface area contributed by atoms with Gasteiger partial charge in [0.15, 0.2) is 11.5 Å². The van der Waals surface area contributed by atoms with E-state index in [0.717, 1.165) is 36.4 Å². The van der Waals surface area contributed by atoms with Crippen molar-refractivity contribution >= 4 is 0 Å². The molecule has 0 saturated heterocycles. The number of methoxy groups -OCH3 is 1. The number of hydrogen-bond donors (Lipinski definition) is 0. The molecule has 0 aliphatic heterocycles. The van der Waals surface area contributed by atoms with Crippen molar-refractivity contribution in [1.82, 2.24) is 0 Å². The maximum atomic E-state index is 6.01. The summed E-state index contributed by atoms with van der Waals surface area (Å²) in [5.74, 6) is 3.87. The van der Waals surface area contributed by atoms with Gasteiger partial charge in [-0.2, -0.15) is 0 Å². The molecule has 0 radical (unpaired) electrons. The molecule has 0 N–H and O–H groups in total. The summed E-state index contributed by atoms with van der Waals surface area (Å²) in [4.78, 5) is 0. The van der Waals surface area contributed by atoms with Gasteiger partial charge in [0.05, 0.1) is 13.7 Å². The van der Waals surface area contributed by atoms with Crippen LogP contribution >= 0.6 is 0 Å². The Balaban J connectivity index is 1.64. The van der Waals surface area contributed by atoms with E-state index in [2.05, 4.69) is 24.8 Å². The third-order valence-corrected chi connectivity index (χ3v) is 4.48. The van der Waals surface area contributed by atoms with Gasteiger partial charge in [-0.25, -0.2) is 0 Å². The van der Waals surface area contributed by atoms with Crippen molar-refractivity contribution in [3.63, 3.8) is 0 Å². The van der Waals surface area contributed by atoms with E-state index in [-0.39, 0.29) is 0 Å². The summed E-state index contributed by atoms with van der Waals surface area (Å²) in [7, 11) is 1.69. The highest BCUT2D eigenvalue weighted by Crippen LogP contribution is 2.43. The molecule has 3 atom stereocenters. The lowest BCUT2D eigenvalue weighted by molar-refractivity contribution is 0.219. The molecule has 3 rings (SSSR count). The normalized spacial score (nSPS) is 26.8. The fourth-order valence-electron chi connectivity index (χ4n) is 3.41. The van der Waals surface area contributed by atoms with E-state index in [1.54, 1.807) is 7.11 Å². The van der Waals surface area contributed by atoms with Crippen LogP contribution in [0.15, 0.2) is 43.0 Å². The van der Waals surface area contributed by atoms with Gasteiger partial charge >= 0.3 is 0 Å². The SMILES string of the molecule is C=CCc1ccc(OCC2CC3C=CC2C3)c(OC)c1. The van der Waals surface area contributed by atoms with Gasteiger partial charge in [-0.3, -0.25) is 0 Å². The molecule has 0 amide bonds. The van der Waals surface area contributed by atoms with Gasteiger partial charge in [-0.15, -0.1) is 6.58 Å². The second kappa shape index (κ2) is 5.74. The molecular formula is C18H22O2. The van der Waals surface area contributed by atoms with E-state index in [0.29, 0.717) is 5.92 Å². The van der Waals surface area contributed by atoms with E-state index in [9.17, 15) is 0 Å². The van der Waals surface area contributed by atoms with E-state index < -0.39 is 0 Å². The van der Waals surface area contributed by atoms with Crippen molar-refractivity contribution in [3.8, 4) is 11.5 Å². The molecule has 1 fully saturated rings. The molecule has 1 aromatic carbocycles. The van der Waals surface area contributed by atoms with Gasteiger partial charge in [0.1, 0.15) is 0 Å². The Hall–Kier alpha value is -1.70. The van der Waals surface area contributed by atoms with Crippen LogP contribution in [-0.4, -0.2) is 13.7 Å². The third-order valence-electron chi connectivity index (χ3n) is 4.48. The lowest BCUT2D eigenvalue weighted by Crippen LogP contribution is -2.16. The van der Waals surface area contributed by atoms with Crippen LogP contribution in [0.2, 0.25) is 0 Å². The highest BCUT2D eigenvalue weighted by molar-refractivity contribution is 5.43. The van der Waals surface area contributed by atoms with Crippen molar-refractivity contribution in [2.45, 2.75) is 19.3 Å². The predicted octanol–water partition coefficient (Wildman–Crippen LogP) is 4.01. The first-order valence-electron chi connectivity index (χ1n) is 7.39. The van der Waals surface area contributed by atoms with Crippen molar-refractivity contribution in [2.24, 2.45) is 17.8 Å². The molecule has 2 aliphatic carbocycles. The fourth-order valence-corrected chi connectivity index (χ4v) is 3.41. The molecule has 2 aliphatic rings. The van der Waals surface area contributed by atoms with Crippen LogP contribution < -0.4 is 9.47 Å². The molecule has 106 valence electrons. The zero-order valence-corrected chi connectivity index (χ0v) is 12.0. The van der Waals surface area contributed by atoms with Crippen molar-refractivity contribution < 1.29 is 9.47 Å². The highest BCUT2D eigenvalue weighted by atomic mass is 16.5. The minimum atomic E-state index is 0.669. The molecule has 2 bridgehead atoms. The van der Waals surface area contributed by atoms with Crippen LogP contribution in [0.25, 0.3) is 0 Å². The monoisotopic (exact) mass is 270 g/mol. The van der Waals surface area contributed by atoms with Gasteiger partial charge in [-0.1, -0.05) is 24.3 Å². The smallest absolute Gasteiger partial charge is 0.161 e. The van der Waals surface area contributed by atoms with Crippen molar-refractivity contribution in [2.75, 3.05) is 13.7 Å². The molecule has 0 spiro atoms. The molecule has 1 aromatic rings. The third kappa shape index (κ3) is 2.60. The molecule has 2 heteroatoms. The average Bonchev–Trinajstić information content (AvgIpc) is 3.08. The largest absolute Gasteiger partial charge is 0.493 e. The first kappa shape index (κ1) is 13.3. The fraction of sp³-hybridized carbons (Fsp3) is 0.444. The summed E-state index contributed by atoms with van der Waals surface area (Å²) < 4.78 is 11.4. The highest BCUT2D eigenvalue weighted by Gasteiger charge is 2.35. The van der Waals surface area contributed by atoms with Crippen LogP contribution in [0.3, 0.4) is 0 Å². The Morgan fingerprint density at radius 3 is 2.80 bits per heavy atom. The maximum absolute atomic E-state index is 6.01. The van der Waals surface area contributed by atoms with Crippen LogP contribution in [0, 0.1) is 17.8 Å². The summed E-state index contributed by atoms with van der Waals surface area (Å²) in [6.07, 6.45) is 10.1. The Morgan fingerprint density at radius 1 is 1.25 bits per heavy atom. The molecule has 0 heterocycles. The van der Waals surface area contributed by atoms with E-state index >= 15 is 0 Å². The number of hydrogen-bond acceptors (Lipinski definition) is 2. The zero-order chi connectivity index (χ0) is 13.9. The number of fused-ring (bicyclic) bond motifs is 2. The second-order valence-electron chi connectivity index (χ2n) is 5.83. The minimum absolute atomic E-state index is 0.669. The molecular weight excluding hydrogens is 248 g/mol. The van der Waals surface area contributed by atoms with Gasteiger partial charge in [0.25, 0.3) is 0 Å². The van der Waals surface area contributed by atoms with E-state index in [1.165, 1.54) is 18.4 Å². The van der Waals surface area contributed by atoms with Crippen LogP contribution in [0.1, 0.15) is 18.4 Å². The van der Waals surface area contributed by atoms with E-state index in [1.807, 2.05) is 18.2 Å². The van der Waals surface area contributed by atoms with Crippen LogP contribution in [0.5, 0.6) is 11.5 Å². The zero-order valence-electron chi connectivity index (χ0n) is 12.0. The number of rotatable bonds is 6. The summed E-state index contributed by atoms with van der Waals surface area (Å²) in [5, 5.41) is 0. The lowest BCUT2D eigenvalue weighted by atomic mass is 9.95. The second-order valence-corrected chi connectivity index (χ2v) is 5.83. The lowest BCUT2D eigenvalue weighted by Gasteiger charge is -2.19. The topological polar surface area (TPSA) is 18.5 Å². The Bertz CT molecular complexity index is 518. The number of ether oxygens (including phenoxy) is 2. The Morgan fingerprint density at radius 2 is 2.15 bits per heavy atom. The van der Waals surface area contributed by atoms with Crippen molar-refractivity contribution in [1.29, 1.82) is 0 Å². The van der Waals surface area contributed by atoms with Crippen molar-refractivity contribution in [3.05, 3.63) is 48.6 Å². The van der Waals surface area contributed by atoms with Crippen LogP contribution in [0.4, 0.5) is 0 Å². The molecule has 2 nitrogen and oxygen atoms in total. The van der Waals surface area contributed by atoms with Gasteiger partial charge in [-0.05, 0) is 54.7 Å². The molecule has 20 heavy (non-hydrogen) atoms. The van der Waals surface area contributed by atoms with E-state index in [4.69, 9.17) is 9.47 Å². The number of benzene rings is 1. The summed E-state index contributed by atoms with van der Waals surface area (Å²) in [6.45, 7) is 4.56. The standard InChI is InChI=1S/C18H22O2/c1-3-4-13-6-8-17(18(11-13)19-2)20-12-16-10-14-5-7-15(16)9-14/h3,5-8,11,14-16H,1,4,9-10,12H2,2H3. The first-order valence-corrected chi connectivity index (χ1v) is 7.39. The van der Waals surface area contributed by atoms with Crippen LogP contribution in [-0.2, 0) is 6.42 Å². The first-order chi connectivity index (χ1) is 9.80. The molecule has 1 saturated carbocycles. The van der Waals surface area contributed by atoms with Gasteiger partial charge in [0, 0.05) is 0 Å². The summed E-state index contributed by atoms with van der Waals surface area (Å²) in [5.41, 5.74) is 1.20. The summed E-state index contributed by atoms with van der Waals surface area (Å²) in [6, 6.07) is 6.14. The minimum Gasteiger partial charge on any atom is -0.493 e. The quantitative estimate of drug-likeness (QED) is 0.727.